The molecule has 0 bridgehead atoms. The first-order valence-corrected chi connectivity index (χ1v) is 5.07. The quantitative estimate of drug-likeness (QED) is 0.614. The second kappa shape index (κ2) is 6.89. The topological polar surface area (TPSA) is 55.1 Å². The number of unbranched alkanes of at least 4 members (excludes halogenated alkanes) is 1. The number of hydrogen-bond donors (Lipinski definition) is 2. The summed E-state index contributed by atoms with van der Waals surface area (Å²) in [6.45, 7) is 6.87. The molecule has 1 atom stereocenters. The molecule has 0 saturated carbocycles. The largest absolute Gasteiger partial charge is 0.355 e. The van der Waals surface area contributed by atoms with E-state index in [2.05, 4.69) is 19.2 Å². The van der Waals surface area contributed by atoms with Gasteiger partial charge in [0, 0.05) is 6.54 Å². The van der Waals surface area contributed by atoms with E-state index in [-0.39, 0.29) is 11.9 Å². The van der Waals surface area contributed by atoms with Crippen LogP contribution in [0.3, 0.4) is 0 Å². The van der Waals surface area contributed by atoms with Crippen LogP contribution in [0, 0.1) is 5.92 Å². The van der Waals surface area contributed by atoms with Crippen molar-refractivity contribution in [3.05, 3.63) is 0 Å². The fourth-order valence-electron chi connectivity index (χ4n) is 1.05. The van der Waals surface area contributed by atoms with E-state index < -0.39 is 0 Å². The Labute approximate surface area is 81.1 Å². The highest BCUT2D eigenvalue weighted by Gasteiger charge is 2.04. The monoisotopic (exact) mass is 186 g/mol. The third kappa shape index (κ3) is 7.78. The number of amides is 1. The van der Waals surface area contributed by atoms with Gasteiger partial charge in [-0.25, -0.2) is 0 Å². The van der Waals surface area contributed by atoms with Gasteiger partial charge in [-0.05, 0) is 19.3 Å². The zero-order valence-corrected chi connectivity index (χ0v) is 8.97. The second-order valence-corrected chi connectivity index (χ2v) is 3.97. The van der Waals surface area contributed by atoms with Crippen LogP contribution >= 0.6 is 0 Å². The first-order valence-electron chi connectivity index (χ1n) is 5.07. The Balaban J connectivity index is 3.21. The normalized spacial score (nSPS) is 13.0. The molecule has 0 radical (unpaired) electrons. The van der Waals surface area contributed by atoms with E-state index >= 15 is 0 Å². The Morgan fingerprint density at radius 1 is 1.31 bits per heavy atom. The molecule has 0 spiro atoms. The lowest BCUT2D eigenvalue weighted by atomic mass is 10.1. The lowest BCUT2D eigenvalue weighted by Crippen LogP contribution is -2.38. The Kier molecular flexibility index (Phi) is 6.59. The molecule has 0 fully saturated rings. The number of rotatable bonds is 6. The molecule has 0 aromatic rings. The van der Waals surface area contributed by atoms with Gasteiger partial charge in [0.15, 0.2) is 0 Å². The van der Waals surface area contributed by atoms with Crippen molar-refractivity contribution >= 4 is 5.91 Å². The summed E-state index contributed by atoms with van der Waals surface area (Å²) < 4.78 is 0. The van der Waals surface area contributed by atoms with E-state index in [1.54, 1.807) is 6.92 Å². The fraction of sp³-hybridized carbons (Fsp3) is 0.900. The van der Waals surface area contributed by atoms with Crippen LogP contribution in [-0.4, -0.2) is 18.5 Å². The van der Waals surface area contributed by atoms with Crippen molar-refractivity contribution in [2.45, 2.75) is 46.1 Å². The first-order chi connectivity index (χ1) is 6.04. The van der Waals surface area contributed by atoms with Gasteiger partial charge in [-0.2, -0.15) is 0 Å². The highest BCUT2D eigenvalue weighted by molar-refractivity contribution is 5.80. The SMILES string of the molecule is CC(C)CCCCNC(=O)[C@H](C)N. The molecule has 3 nitrogen and oxygen atoms in total. The molecule has 0 aliphatic carbocycles. The van der Waals surface area contributed by atoms with Gasteiger partial charge in [-0.1, -0.05) is 26.7 Å². The van der Waals surface area contributed by atoms with Gasteiger partial charge in [-0.3, -0.25) is 4.79 Å². The smallest absolute Gasteiger partial charge is 0.236 e. The predicted octanol–water partition coefficient (Wildman–Crippen LogP) is 1.28. The summed E-state index contributed by atoms with van der Waals surface area (Å²) in [7, 11) is 0. The lowest BCUT2D eigenvalue weighted by molar-refractivity contribution is -0.121. The summed E-state index contributed by atoms with van der Waals surface area (Å²) in [5.41, 5.74) is 5.39. The van der Waals surface area contributed by atoms with Crippen molar-refractivity contribution in [3.8, 4) is 0 Å². The number of hydrogen-bond acceptors (Lipinski definition) is 2. The third-order valence-corrected chi connectivity index (χ3v) is 1.92. The molecule has 1 amide bonds. The standard InChI is InChI=1S/C10H22N2O/c1-8(2)6-4-5-7-12-10(13)9(3)11/h8-9H,4-7,11H2,1-3H3,(H,12,13)/t9-/m0/s1. The van der Waals surface area contributed by atoms with Crippen LogP contribution in [0.25, 0.3) is 0 Å². The van der Waals surface area contributed by atoms with Crippen LogP contribution in [0.5, 0.6) is 0 Å². The van der Waals surface area contributed by atoms with E-state index in [1.165, 1.54) is 12.8 Å². The van der Waals surface area contributed by atoms with Crippen molar-refractivity contribution in [1.82, 2.24) is 5.32 Å². The van der Waals surface area contributed by atoms with Crippen molar-refractivity contribution < 1.29 is 4.79 Å². The fourth-order valence-corrected chi connectivity index (χ4v) is 1.05. The van der Waals surface area contributed by atoms with Crippen LogP contribution in [-0.2, 0) is 4.79 Å². The van der Waals surface area contributed by atoms with Gasteiger partial charge in [0.1, 0.15) is 0 Å². The zero-order valence-electron chi connectivity index (χ0n) is 8.97. The number of nitrogens with two attached hydrogens (primary N) is 1. The van der Waals surface area contributed by atoms with Gasteiger partial charge < -0.3 is 11.1 Å². The zero-order chi connectivity index (χ0) is 10.3. The lowest BCUT2D eigenvalue weighted by Gasteiger charge is -2.08. The first kappa shape index (κ1) is 12.4. The number of carbonyl (C=O) groups excluding carboxylic acids is 1. The van der Waals surface area contributed by atoms with Crippen LogP contribution in [0.2, 0.25) is 0 Å². The average Bonchev–Trinajstić information content (AvgIpc) is 2.02. The molecule has 3 N–H and O–H groups in total. The van der Waals surface area contributed by atoms with Crippen molar-refractivity contribution in [3.63, 3.8) is 0 Å². The van der Waals surface area contributed by atoms with Crippen molar-refractivity contribution in [2.75, 3.05) is 6.54 Å². The molecule has 0 unspecified atom stereocenters. The molecule has 0 rings (SSSR count). The van der Waals surface area contributed by atoms with Gasteiger partial charge >= 0.3 is 0 Å². The molecule has 0 saturated heterocycles. The molecule has 0 aliphatic rings. The van der Waals surface area contributed by atoms with Gasteiger partial charge in [0.25, 0.3) is 0 Å². The molecule has 3 heteroatoms. The van der Waals surface area contributed by atoms with E-state index in [4.69, 9.17) is 5.73 Å². The molecular weight excluding hydrogens is 164 g/mol. The van der Waals surface area contributed by atoms with E-state index in [1.807, 2.05) is 0 Å². The van der Waals surface area contributed by atoms with Gasteiger partial charge in [0.2, 0.25) is 5.91 Å². The van der Waals surface area contributed by atoms with Gasteiger partial charge in [0.05, 0.1) is 6.04 Å². The molecule has 0 heterocycles. The Morgan fingerprint density at radius 2 is 1.92 bits per heavy atom. The molecule has 13 heavy (non-hydrogen) atoms. The van der Waals surface area contributed by atoms with E-state index in [9.17, 15) is 4.79 Å². The second-order valence-electron chi connectivity index (χ2n) is 3.97. The van der Waals surface area contributed by atoms with Crippen LogP contribution in [0.1, 0.15) is 40.0 Å². The van der Waals surface area contributed by atoms with Crippen LogP contribution < -0.4 is 11.1 Å². The molecule has 78 valence electrons. The van der Waals surface area contributed by atoms with E-state index in [0.29, 0.717) is 0 Å². The summed E-state index contributed by atoms with van der Waals surface area (Å²) in [5, 5.41) is 2.79. The highest BCUT2D eigenvalue weighted by Crippen LogP contribution is 2.04. The molecule has 0 aromatic carbocycles. The average molecular weight is 186 g/mol. The number of nitrogens with one attached hydrogen (secondary N) is 1. The Bertz CT molecular complexity index is 144. The molecule has 0 aliphatic heterocycles. The summed E-state index contributed by atoms with van der Waals surface area (Å²) in [5.74, 6) is 0.702. The summed E-state index contributed by atoms with van der Waals surface area (Å²) >= 11 is 0. The van der Waals surface area contributed by atoms with Gasteiger partial charge in [-0.15, -0.1) is 0 Å². The van der Waals surface area contributed by atoms with Crippen molar-refractivity contribution in [1.29, 1.82) is 0 Å². The Hall–Kier alpha value is -0.570. The number of carbonyl (C=O) groups is 1. The minimum absolute atomic E-state index is 0.0513. The third-order valence-electron chi connectivity index (χ3n) is 1.92. The summed E-state index contributed by atoms with van der Waals surface area (Å²) in [6.07, 6.45) is 3.46. The predicted molar refractivity (Wildman–Crippen MR) is 55.3 cm³/mol. The highest BCUT2D eigenvalue weighted by atomic mass is 16.2. The minimum atomic E-state index is -0.384. The summed E-state index contributed by atoms with van der Waals surface area (Å²) in [6, 6.07) is -0.384. The molecular formula is C10H22N2O. The van der Waals surface area contributed by atoms with Crippen LogP contribution in [0.4, 0.5) is 0 Å². The maximum absolute atomic E-state index is 11.0. The Morgan fingerprint density at radius 3 is 2.38 bits per heavy atom. The maximum Gasteiger partial charge on any atom is 0.236 e. The summed E-state index contributed by atoms with van der Waals surface area (Å²) in [4.78, 5) is 11.0. The van der Waals surface area contributed by atoms with Crippen molar-refractivity contribution in [2.24, 2.45) is 11.7 Å². The van der Waals surface area contributed by atoms with Crippen LogP contribution in [0.15, 0.2) is 0 Å². The maximum atomic E-state index is 11.0. The minimum Gasteiger partial charge on any atom is -0.355 e. The van der Waals surface area contributed by atoms with E-state index in [0.717, 1.165) is 18.9 Å². The molecule has 0 aromatic heterocycles.